The van der Waals surface area contributed by atoms with Gasteiger partial charge in [-0.05, 0) is 23.8 Å². The minimum atomic E-state index is -1.03. The van der Waals surface area contributed by atoms with E-state index in [2.05, 4.69) is 9.97 Å². The number of rotatable bonds is 5. The summed E-state index contributed by atoms with van der Waals surface area (Å²) < 4.78 is 5.29. The molecule has 0 amide bonds. The second kappa shape index (κ2) is 6.62. The average Bonchev–Trinajstić information content (AvgIpc) is 2.55. The second-order valence-electron chi connectivity index (χ2n) is 4.97. The summed E-state index contributed by atoms with van der Waals surface area (Å²) in [5.74, 6) is 0.0355. The van der Waals surface area contributed by atoms with Gasteiger partial charge < -0.3 is 9.84 Å². The third-order valence-corrected chi connectivity index (χ3v) is 3.50. The maximum absolute atomic E-state index is 10.7. The normalized spacial score (nSPS) is 10.7. The smallest absolute Gasteiger partial charge is 0.341 e. The van der Waals surface area contributed by atoms with Crippen LogP contribution in [0.4, 0.5) is 0 Å². The van der Waals surface area contributed by atoms with Crippen LogP contribution >= 0.6 is 11.6 Å². The highest BCUT2D eigenvalue weighted by molar-refractivity contribution is 6.30. The van der Waals surface area contributed by atoms with Crippen LogP contribution < -0.4 is 4.74 Å². The number of aliphatic carboxylic acids is 1. The van der Waals surface area contributed by atoms with Crippen molar-refractivity contribution in [2.75, 3.05) is 6.61 Å². The Morgan fingerprint density at radius 1 is 1.17 bits per heavy atom. The number of hydrogen-bond acceptors (Lipinski definition) is 4. The van der Waals surface area contributed by atoms with Gasteiger partial charge in [-0.25, -0.2) is 14.8 Å². The van der Waals surface area contributed by atoms with Crippen molar-refractivity contribution in [1.29, 1.82) is 0 Å². The van der Waals surface area contributed by atoms with Gasteiger partial charge in [-0.15, -0.1) is 0 Å². The summed E-state index contributed by atoms with van der Waals surface area (Å²) >= 11 is 5.88. The van der Waals surface area contributed by atoms with Gasteiger partial charge in [-0.2, -0.15) is 0 Å². The summed E-state index contributed by atoms with van der Waals surface area (Å²) in [6, 6.07) is 12.8. The van der Waals surface area contributed by atoms with Crippen LogP contribution in [0.25, 0.3) is 10.9 Å². The van der Waals surface area contributed by atoms with Gasteiger partial charge in [0.05, 0.1) is 0 Å². The minimum Gasteiger partial charge on any atom is -0.480 e. The molecule has 1 aromatic heterocycles. The van der Waals surface area contributed by atoms with Crippen molar-refractivity contribution in [3.63, 3.8) is 0 Å². The van der Waals surface area contributed by atoms with E-state index in [4.69, 9.17) is 21.4 Å². The Morgan fingerprint density at radius 2 is 1.96 bits per heavy atom. The van der Waals surface area contributed by atoms with Crippen LogP contribution in [0.15, 0.2) is 48.7 Å². The largest absolute Gasteiger partial charge is 0.480 e. The summed E-state index contributed by atoms with van der Waals surface area (Å²) in [6.45, 7) is -0.407. The first-order valence-electron chi connectivity index (χ1n) is 6.95. The highest BCUT2D eigenvalue weighted by Crippen LogP contribution is 2.23. The van der Waals surface area contributed by atoms with Gasteiger partial charge in [0, 0.05) is 23.0 Å². The third kappa shape index (κ3) is 3.76. The molecular formula is C17H13ClN2O3. The molecule has 5 nitrogen and oxygen atoms in total. The van der Waals surface area contributed by atoms with Gasteiger partial charge >= 0.3 is 5.97 Å². The maximum atomic E-state index is 10.7. The number of carbonyl (C=O) groups is 1. The number of carboxylic acids is 1. The minimum absolute atomic E-state index is 0.407. The molecule has 0 saturated carbocycles. The first-order chi connectivity index (χ1) is 11.1. The lowest BCUT2D eigenvalue weighted by Crippen LogP contribution is -2.10. The second-order valence-corrected chi connectivity index (χ2v) is 5.40. The molecule has 116 valence electrons. The number of halogens is 1. The van der Waals surface area contributed by atoms with Crippen LogP contribution in [0.2, 0.25) is 5.02 Å². The summed E-state index contributed by atoms with van der Waals surface area (Å²) in [5, 5.41) is 10.2. The fourth-order valence-electron chi connectivity index (χ4n) is 2.19. The fourth-order valence-corrected chi connectivity index (χ4v) is 2.32. The molecule has 3 rings (SSSR count). The lowest BCUT2D eigenvalue weighted by Gasteiger charge is -2.08. The molecule has 0 unspecified atom stereocenters. The molecule has 1 N–H and O–H groups in total. The van der Waals surface area contributed by atoms with Gasteiger partial charge in [-0.1, -0.05) is 35.9 Å². The van der Waals surface area contributed by atoms with Crippen LogP contribution in [-0.4, -0.2) is 27.7 Å². The van der Waals surface area contributed by atoms with Crippen molar-refractivity contribution in [3.05, 3.63) is 65.1 Å². The van der Waals surface area contributed by atoms with E-state index >= 15 is 0 Å². The topological polar surface area (TPSA) is 72.3 Å². The molecule has 0 aliphatic carbocycles. The van der Waals surface area contributed by atoms with Crippen LogP contribution in [0.5, 0.6) is 5.75 Å². The summed E-state index contributed by atoms with van der Waals surface area (Å²) in [7, 11) is 0. The highest BCUT2D eigenvalue weighted by atomic mass is 35.5. The van der Waals surface area contributed by atoms with Gasteiger partial charge in [0.1, 0.15) is 17.1 Å². The van der Waals surface area contributed by atoms with Gasteiger partial charge in [0.25, 0.3) is 0 Å². The molecule has 0 saturated heterocycles. The van der Waals surface area contributed by atoms with E-state index in [1.807, 2.05) is 30.3 Å². The predicted molar refractivity (Wildman–Crippen MR) is 86.9 cm³/mol. The maximum Gasteiger partial charge on any atom is 0.341 e. The van der Waals surface area contributed by atoms with Gasteiger partial charge in [0.15, 0.2) is 6.61 Å². The Labute approximate surface area is 137 Å². The van der Waals surface area contributed by atoms with Crippen molar-refractivity contribution in [2.45, 2.75) is 6.42 Å². The van der Waals surface area contributed by atoms with Crippen molar-refractivity contribution < 1.29 is 14.6 Å². The molecule has 23 heavy (non-hydrogen) atoms. The fraction of sp³-hybridized carbons (Fsp3) is 0.118. The van der Waals surface area contributed by atoms with E-state index in [1.165, 1.54) is 0 Å². The first kappa shape index (κ1) is 15.2. The number of para-hydroxylation sites is 1. The SMILES string of the molecule is O=C(O)COc1cccc2cnc(Cc3ccc(Cl)cc3)nc12. The van der Waals surface area contributed by atoms with Gasteiger partial charge in [0.2, 0.25) is 0 Å². The number of nitrogens with zero attached hydrogens (tertiary/aromatic N) is 2. The number of aromatic nitrogens is 2. The Balaban J connectivity index is 1.91. The first-order valence-corrected chi connectivity index (χ1v) is 7.33. The Morgan fingerprint density at radius 3 is 2.70 bits per heavy atom. The van der Waals surface area contributed by atoms with Crippen molar-refractivity contribution in [1.82, 2.24) is 9.97 Å². The average molecular weight is 329 g/mol. The van der Waals surface area contributed by atoms with E-state index in [1.54, 1.807) is 18.3 Å². The third-order valence-electron chi connectivity index (χ3n) is 3.25. The Bertz CT molecular complexity index is 850. The molecule has 6 heteroatoms. The molecule has 0 aliphatic rings. The van der Waals surface area contributed by atoms with Crippen LogP contribution in [0, 0.1) is 0 Å². The number of benzene rings is 2. The van der Waals surface area contributed by atoms with Crippen molar-refractivity contribution in [3.8, 4) is 5.75 Å². The Kier molecular flexibility index (Phi) is 4.39. The lowest BCUT2D eigenvalue weighted by molar-refractivity contribution is -0.139. The van der Waals surface area contributed by atoms with Crippen LogP contribution in [-0.2, 0) is 11.2 Å². The quantitative estimate of drug-likeness (QED) is 0.777. The van der Waals surface area contributed by atoms with E-state index in [9.17, 15) is 4.79 Å². The van der Waals surface area contributed by atoms with E-state index in [0.717, 1.165) is 10.9 Å². The Hall–Kier alpha value is -2.66. The molecule has 0 fully saturated rings. The molecule has 1 heterocycles. The van der Waals surface area contributed by atoms with Crippen molar-refractivity contribution >= 4 is 28.5 Å². The van der Waals surface area contributed by atoms with Gasteiger partial charge in [-0.3, -0.25) is 0 Å². The molecule has 0 atom stereocenters. The van der Waals surface area contributed by atoms with E-state index in [0.29, 0.717) is 28.5 Å². The van der Waals surface area contributed by atoms with Crippen molar-refractivity contribution in [2.24, 2.45) is 0 Å². The highest BCUT2D eigenvalue weighted by Gasteiger charge is 2.08. The zero-order valence-corrected chi connectivity index (χ0v) is 12.8. The summed E-state index contributed by atoms with van der Waals surface area (Å²) in [4.78, 5) is 19.5. The monoisotopic (exact) mass is 328 g/mol. The zero-order valence-electron chi connectivity index (χ0n) is 12.1. The van der Waals surface area contributed by atoms with Crippen LogP contribution in [0.1, 0.15) is 11.4 Å². The standard InChI is InChI=1S/C17H13ClN2O3/c18-13-6-4-11(5-7-13)8-15-19-9-12-2-1-3-14(17(12)20-15)23-10-16(21)22/h1-7,9H,8,10H2,(H,21,22). The molecule has 2 aromatic carbocycles. The number of carboxylic acid groups (broad SMARTS) is 1. The predicted octanol–water partition coefficient (Wildman–Crippen LogP) is 3.34. The van der Waals surface area contributed by atoms with E-state index in [-0.39, 0.29) is 0 Å². The molecule has 0 aliphatic heterocycles. The number of hydrogen-bond donors (Lipinski definition) is 1. The van der Waals surface area contributed by atoms with E-state index < -0.39 is 12.6 Å². The molecule has 0 radical (unpaired) electrons. The summed E-state index contributed by atoms with van der Waals surface area (Å²) in [6.07, 6.45) is 2.27. The molecule has 0 spiro atoms. The molecule has 0 bridgehead atoms. The summed E-state index contributed by atoms with van der Waals surface area (Å²) in [5.41, 5.74) is 1.64. The lowest BCUT2D eigenvalue weighted by atomic mass is 10.1. The number of ether oxygens (including phenoxy) is 1. The molecular weight excluding hydrogens is 316 g/mol. The zero-order chi connectivity index (χ0) is 16.2. The number of fused-ring (bicyclic) bond motifs is 1. The van der Waals surface area contributed by atoms with Crippen LogP contribution in [0.3, 0.4) is 0 Å². The molecule has 3 aromatic rings.